The smallest absolute Gasteiger partial charge is 0.192 e. The van der Waals surface area contributed by atoms with Crippen LogP contribution in [-0.4, -0.2) is 52.3 Å². The first-order valence-electron chi connectivity index (χ1n) is 12.1. The highest BCUT2D eigenvalue weighted by molar-refractivity contribution is 7.99. The number of aromatic nitrogens is 3. The maximum absolute atomic E-state index is 13.1. The molecule has 1 aliphatic rings. The number of likely N-dealkylation sites (N-methyl/N-ethyl adjacent to an activating group) is 1. The van der Waals surface area contributed by atoms with Crippen LogP contribution in [0.2, 0.25) is 0 Å². The van der Waals surface area contributed by atoms with Crippen LogP contribution in [0.4, 0.5) is 5.69 Å². The standard InChI is InChI=1S/C28H35N5OS/c1-7-23(31(4)5)26-29-30-27(33(26)18-20-13-9-8-10-14-20)35-19-21(34)17-25-28(2,3)22-15-11-12-16-24(22)32(25)6/h8-17,23H,7,18-19H2,1-6H3. The van der Waals surface area contributed by atoms with Gasteiger partial charge < -0.3 is 9.47 Å². The van der Waals surface area contributed by atoms with Crippen LogP contribution in [0, 0.1) is 0 Å². The first-order chi connectivity index (χ1) is 16.7. The summed E-state index contributed by atoms with van der Waals surface area (Å²) in [4.78, 5) is 17.4. The van der Waals surface area contributed by atoms with Crippen LogP contribution in [0.15, 0.2) is 71.5 Å². The van der Waals surface area contributed by atoms with Crippen molar-refractivity contribution in [2.45, 2.75) is 50.4 Å². The highest BCUT2D eigenvalue weighted by Crippen LogP contribution is 2.46. The molecule has 4 rings (SSSR count). The number of hydrogen-bond acceptors (Lipinski definition) is 6. The Morgan fingerprint density at radius 1 is 1.09 bits per heavy atom. The number of carbonyl (C=O) groups excluding carboxylic acids is 1. The molecular weight excluding hydrogens is 454 g/mol. The van der Waals surface area contributed by atoms with Crippen molar-refractivity contribution >= 4 is 23.2 Å². The van der Waals surface area contributed by atoms with Crippen molar-refractivity contribution in [1.29, 1.82) is 0 Å². The van der Waals surface area contributed by atoms with Gasteiger partial charge in [0.25, 0.3) is 0 Å². The molecule has 184 valence electrons. The number of ketones is 1. The Hall–Kier alpha value is -2.90. The van der Waals surface area contributed by atoms with Gasteiger partial charge in [-0.3, -0.25) is 9.69 Å². The van der Waals surface area contributed by atoms with Gasteiger partial charge in [0.05, 0.1) is 18.3 Å². The van der Waals surface area contributed by atoms with Crippen molar-refractivity contribution in [3.8, 4) is 0 Å². The average molecular weight is 490 g/mol. The Morgan fingerprint density at radius 2 is 1.77 bits per heavy atom. The Morgan fingerprint density at radius 3 is 2.43 bits per heavy atom. The number of para-hydroxylation sites is 1. The third-order valence-corrected chi connectivity index (χ3v) is 7.81. The molecule has 0 bridgehead atoms. The molecule has 6 nitrogen and oxygen atoms in total. The van der Waals surface area contributed by atoms with E-state index in [1.54, 1.807) is 6.08 Å². The highest BCUT2D eigenvalue weighted by atomic mass is 32.2. The summed E-state index contributed by atoms with van der Waals surface area (Å²) in [7, 11) is 6.17. The molecule has 0 N–H and O–H groups in total. The van der Waals surface area contributed by atoms with Crippen LogP contribution in [0.1, 0.15) is 50.2 Å². The minimum atomic E-state index is -0.216. The molecule has 35 heavy (non-hydrogen) atoms. The average Bonchev–Trinajstić information content (AvgIpc) is 3.31. The minimum absolute atomic E-state index is 0.0770. The van der Waals surface area contributed by atoms with Crippen LogP contribution >= 0.6 is 11.8 Å². The summed E-state index contributed by atoms with van der Waals surface area (Å²) in [6.45, 7) is 7.19. The van der Waals surface area contributed by atoms with Crippen LogP contribution in [0.5, 0.6) is 0 Å². The Kier molecular flexibility index (Phi) is 7.47. The van der Waals surface area contributed by atoms with Gasteiger partial charge in [-0.2, -0.15) is 0 Å². The van der Waals surface area contributed by atoms with Gasteiger partial charge in [-0.25, -0.2) is 0 Å². The zero-order valence-corrected chi connectivity index (χ0v) is 22.3. The molecule has 0 saturated heterocycles. The van der Waals surface area contributed by atoms with Crippen molar-refractivity contribution in [3.63, 3.8) is 0 Å². The van der Waals surface area contributed by atoms with Gasteiger partial charge in [-0.05, 0) is 37.7 Å². The molecule has 1 aliphatic heterocycles. The summed E-state index contributed by atoms with van der Waals surface area (Å²) < 4.78 is 2.16. The number of fused-ring (bicyclic) bond motifs is 1. The molecule has 0 spiro atoms. The SMILES string of the molecule is CCC(c1nnc(SCC(=O)C=C2N(C)c3ccccc3C2(C)C)n1Cc1ccccc1)N(C)C. The molecule has 1 atom stereocenters. The zero-order chi connectivity index (χ0) is 25.2. The van der Waals surface area contributed by atoms with E-state index in [0.29, 0.717) is 12.3 Å². The summed E-state index contributed by atoms with van der Waals surface area (Å²) >= 11 is 1.46. The maximum atomic E-state index is 13.1. The lowest BCUT2D eigenvalue weighted by atomic mass is 9.83. The number of allylic oxidation sites excluding steroid dienone is 2. The number of hydrogen-bond donors (Lipinski definition) is 0. The number of anilines is 1. The third kappa shape index (κ3) is 5.07. The van der Waals surface area contributed by atoms with Crippen LogP contribution in [-0.2, 0) is 16.8 Å². The maximum Gasteiger partial charge on any atom is 0.192 e. The summed E-state index contributed by atoms with van der Waals surface area (Å²) in [5, 5.41) is 9.85. The molecule has 2 heterocycles. The van der Waals surface area contributed by atoms with Gasteiger partial charge >= 0.3 is 0 Å². The number of rotatable bonds is 9. The first-order valence-corrected chi connectivity index (χ1v) is 13.1. The number of carbonyl (C=O) groups is 1. The second-order valence-electron chi connectivity index (χ2n) is 9.79. The zero-order valence-electron chi connectivity index (χ0n) is 21.5. The van der Waals surface area contributed by atoms with E-state index in [1.807, 2.05) is 31.3 Å². The van der Waals surface area contributed by atoms with Gasteiger partial charge in [0.2, 0.25) is 0 Å². The molecule has 7 heteroatoms. The van der Waals surface area contributed by atoms with E-state index in [4.69, 9.17) is 0 Å². The number of benzene rings is 2. The van der Waals surface area contributed by atoms with E-state index < -0.39 is 0 Å². The fraction of sp³-hybridized carbons (Fsp3) is 0.393. The summed E-state index contributed by atoms with van der Waals surface area (Å²) in [6, 6.07) is 18.8. The molecule has 0 saturated carbocycles. The van der Waals surface area contributed by atoms with E-state index >= 15 is 0 Å². The lowest BCUT2D eigenvalue weighted by Crippen LogP contribution is -2.24. The summed E-state index contributed by atoms with van der Waals surface area (Å²) in [6.07, 6.45) is 2.73. The predicted octanol–water partition coefficient (Wildman–Crippen LogP) is 5.31. The molecule has 0 amide bonds. The van der Waals surface area contributed by atoms with Gasteiger partial charge in [0, 0.05) is 29.9 Å². The second kappa shape index (κ2) is 10.4. The van der Waals surface area contributed by atoms with Crippen molar-refractivity contribution in [3.05, 3.63) is 83.3 Å². The molecular formula is C28H35N5OS. The van der Waals surface area contributed by atoms with Crippen molar-refractivity contribution < 1.29 is 4.79 Å². The van der Waals surface area contributed by atoms with E-state index in [1.165, 1.54) is 22.9 Å². The van der Waals surface area contributed by atoms with E-state index in [0.717, 1.165) is 28.8 Å². The van der Waals surface area contributed by atoms with E-state index in [2.05, 4.69) is 89.8 Å². The van der Waals surface area contributed by atoms with Crippen LogP contribution in [0.25, 0.3) is 0 Å². The van der Waals surface area contributed by atoms with Gasteiger partial charge in [0.15, 0.2) is 16.8 Å². The van der Waals surface area contributed by atoms with E-state index in [9.17, 15) is 4.79 Å². The second-order valence-corrected chi connectivity index (χ2v) is 10.7. The molecule has 0 radical (unpaired) electrons. The van der Waals surface area contributed by atoms with Gasteiger partial charge in [0.1, 0.15) is 0 Å². The first kappa shape index (κ1) is 25.2. The molecule has 0 aliphatic carbocycles. The minimum Gasteiger partial charge on any atom is -0.347 e. The molecule has 2 aromatic carbocycles. The fourth-order valence-electron chi connectivity index (χ4n) is 4.94. The van der Waals surface area contributed by atoms with Crippen LogP contribution < -0.4 is 4.90 Å². The fourth-order valence-corrected chi connectivity index (χ4v) is 5.70. The van der Waals surface area contributed by atoms with E-state index in [-0.39, 0.29) is 17.2 Å². The summed E-state index contributed by atoms with van der Waals surface area (Å²) in [5.41, 5.74) is 4.40. The molecule has 1 unspecified atom stereocenters. The Bertz CT molecular complexity index is 1220. The Balaban J connectivity index is 1.57. The van der Waals surface area contributed by atoms with Crippen molar-refractivity contribution in [2.75, 3.05) is 31.8 Å². The number of thioether (sulfide) groups is 1. The Labute approximate surface area is 213 Å². The lowest BCUT2D eigenvalue weighted by Gasteiger charge is -2.24. The summed E-state index contributed by atoms with van der Waals surface area (Å²) in [5.74, 6) is 1.32. The quantitative estimate of drug-likeness (QED) is 0.300. The predicted molar refractivity (Wildman–Crippen MR) is 144 cm³/mol. The largest absolute Gasteiger partial charge is 0.347 e. The third-order valence-electron chi connectivity index (χ3n) is 6.82. The van der Waals surface area contributed by atoms with Crippen molar-refractivity contribution in [1.82, 2.24) is 19.7 Å². The lowest BCUT2D eigenvalue weighted by molar-refractivity contribution is -0.112. The van der Waals surface area contributed by atoms with Crippen molar-refractivity contribution in [2.24, 2.45) is 0 Å². The topological polar surface area (TPSA) is 54.3 Å². The molecule has 1 aromatic heterocycles. The van der Waals surface area contributed by atoms with Gasteiger partial charge in [-0.1, -0.05) is 81.1 Å². The van der Waals surface area contributed by atoms with Crippen LogP contribution in [0.3, 0.4) is 0 Å². The highest BCUT2D eigenvalue weighted by Gasteiger charge is 2.38. The normalized spacial score (nSPS) is 16.7. The molecule has 3 aromatic rings. The number of nitrogens with zero attached hydrogens (tertiary/aromatic N) is 5. The monoisotopic (exact) mass is 489 g/mol. The van der Waals surface area contributed by atoms with Gasteiger partial charge in [-0.15, -0.1) is 10.2 Å². The molecule has 0 fully saturated rings.